The number of fused-ring (bicyclic) bond motifs is 7. The van der Waals surface area contributed by atoms with Crippen LogP contribution in [0, 0.1) is 17.8 Å². The van der Waals surface area contributed by atoms with E-state index in [4.69, 9.17) is 20.0 Å². The molecule has 68 heavy (non-hydrogen) atoms. The van der Waals surface area contributed by atoms with Gasteiger partial charge in [-0.05, 0) is 127 Å². The largest absolute Gasteiger partial charge is 0.335 e. The molecule has 4 heterocycles. The van der Waals surface area contributed by atoms with Crippen LogP contribution in [0.3, 0.4) is 0 Å². The van der Waals surface area contributed by atoms with E-state index >= 15 is 0 Å². The number of nitrogens with zero attached hydrogens (tertiary/aromatic N) is 6. The summed E-state index contributed by atoms with van der Waals surface area (Å²) in [6.07, 6.45) is 40.8. The van der Waals surface area contributed by atoms with E-state index in [2.05, 4.69) is 196 Å². The molecule has 334 valence electrons. The fourth-order valence-electron chi connectivity index (χ4n) is 12.5. The summed E-state index contributed by atoms with van der Waals surface area (Å²) in [4.78, 5) is 24.9. The zero-order valence-electron chi connectivity index (χ0n) is 39.3. The quantitative estimate of drug-likeness (QED) is 0.165. The average Bonchev–Trinajstić information content (AvgIpc) is 3.65. The van der Waals surface area contributed by atoms with E-state index in [1.54, 1.807) is 0 Å². The third-order valence-electron chi connectivity index (χ3n) is 16.3. The second-order valence-electron chi connectivity index (χ2n) is 20.5. The maximum atomic E-state index is 5.83. The van der Waals surface area contributed by atoms with Gasteiger partial charge >= 0.3 is 5.96 Å². The van der Waals surface area contributed by atoms with Gasteiger partial charge in [0.1, 0.15) is 0 Å². The lowest BCUT2D eigenvalue weighted by Crippen LogP contribution is -2.48. The van der Waals surface area contributed by atoms with Crippen LogP contribution in [0.15, 0.2) is 197 Å². The smallest absolute Gasteiger partial charge is 0.278 e. The van der Waals surface area contributed by atoms with Gasteiger partial charge in [0.15, 0.2) is 11.4 Å². The number of allylic oxidation sites excluding steroid dienone is 16. The van der Waals surface area contributed by atoms with Crippen LogP contribution in [-0.2, 0) is 5.41 Å². The number of aliphatic imine (C=N–C) groups is 2. The van der Waals surface area contributed by atoms with Gasteiger partial charge in [-0.3, -0.25) is 4.90 Å². The molecule has 13 rings (SSSR count). The number of hydrogen-bond donors (Lipinski definition) is 0. The maximum Gasteiger partial charge on any atom is 0.335 e. The van der Waals surface area contributed by atoms with E-state index in [1.807, 2.05) is 0 Å². The van der Waals surface area contributed by atoms with Crippen LogP contribution in [0.4, 0.5) is 28.7 Å². The fraction of sp³-hybridized carbons (Fsp3) is 0.258. The molecule has 6 heteroatoms. The van der Waals surface area contributed by atoms with Crippen molar-refractivity contribution in [2.24, 2.45) is 27.7 Å². The van der Waals surface area contributed by atoms with Crippen LogP contribution >= 0.6 is 0 Å². The highest BCUT2D eigenvalue weighted by Crippen LogP contribution is 2.60. The van der Waals surface area contributed by atoms with Crippen molar-refractivity contribution in [3.63, 3.8) is 0 Å². The third-order valence-corrected chi connectivity index (χ3v) is 16.3. The van der Waals surface area contributed by atoms with Gasteiger partial charge in [-0.1, -0.05) is 141 Å². The van der Waals surface area contributed by atoms with E-state index in [0.29, 0.717) is 22.3 Å². The summed E-state index contributed by atoms with van der Waals surface area (Å²) in [5.74, 6) is 2.81. The molecule has 6 nitrogen and oxygen atoms in total. The molecule has 0 amide bonds. The Balaban J connectivity index is 0.976. The molecule has 0 saturated heterocycles. The minimum Gasteiger partial charge on any atom is -0.278 e. The molecule has 5 unspecified atom stereocenters. The third kappa shape index (κ3) is 6.48. The fourth-order valence-corrected chi connectivity index (χ4v) is 12.5. The molecule has 0 bridgehead atoms. The molecule has 4 aromatic carbocycles. The number of rotatable bonds is 5. The van der Waals surface area contributed by atoms with Crippen molar-refractivity contribution in [3.8, 4) is 11.1 Å². The summed E-state index contributed by atoms with van der Waals surface area (Å²) in [6, 6.07) is 31.3. The van der Waals surface area contributed by atoms with Crippen LogP contribution in [0.25, 0.3) is 27.6 Å². The first kappa shape index (κ1) is 41.2. The first-order valence-electron chi connectivity index (χ1n) is 25.0. The number of guanidine groups is 1. The van der Waals surface area contributed by atoms with Gasteiger partial charge in [0.05, 0.1) is 47.0 Å². The highest BCUT2D eigenvalue weighted by atomic mass is 15.5. The van der Waals surface area contributed by atoms with Crippen LogP contribution in [0.5, 0.6) is 0 Å². The first-order chi connectivity index (χ1) is 33.3. The molecule has 5 aromatic rings. The number of quaternary nitrogens is 1. The Hall–Kier alpha value is -7.02. The van der Waals surface area contributed by atoms with Gasteiger partial charge in [-0.25, -0.2) is 15.0 Å². The summed E-state index contributed by atoms with van der Waals surface area (Å²) in [5.41, 5.74) is 17.8. The zero-order chi connectivity index (χ0) is 45.6. The van der Waals surface area contributed by atoms with Crippen molar-refractivity contribution in [2.75, 3.05) is 11.9 Å². The Bertz CT molecular complexity index is 3320. The Labute approximate surface area is 400 Å². The second-order valence-corrected chi connectivity index (χ2v) is 20.5. The Morgan fingerprint density at radius 3 is 2.32 bits per heavy atom. The molecular formula is C62H57N6+. The minimum atomic E-state index is -0.316. The highest BCUT2D eigenvalue weighted by molar-refractivity contribution is 6.16. The van der Waals surface area contributed by atoms with Gasteiger partial charge in [0.2, 0.25) is 5.95 Å². The second kappa shape index (κ2) is 16.1. The summed E-state index contributed by atoms with van der Waals surface area (Å²) in [6.45, 7) is 4.75. The Kier molecular flexibility index (Phi) is 9.73. The van der Waals surface area contributed by atoms with Gasteiger partial charge in [-0.15, -0.1) is 0 Å². The Morgan fingerprint density at radius 2 is 1.49 bits per heavy atom. The van der Waals surface area contributed by atoms with Crippen LogP contribution in [0.1, 0.15) is 82.0 Å². The van der Waals surface area contributed by atoms with Gasteiger partial charge in [0.25, 0.3) is 0 Å². The molecule has 5 atom stereocenters. The number of para-hydroxylation sites is 3. The van der Waals surface area contributed by atoms with Crippen molar-refractivity contribution >= 4 is 56.8 Å². The van der Waals surface area contributed by atoms with Crippen LogP contribution in [0.2, 0.25) is 0 Å². The van der Waals surface area contributed by atoms with Gasteiger partial charge in [0, 0.05) is 34.4 Å². The summed E-state index contributed by atoms with van der Waals surface area (Å²) < 4.78 is 0.367. The molecular weight excluding hydrogens is 829 g/mol. The SMILES string of the molecule is CC1(C)c2ccccc2N(c2nc(C3=CC=C(C4=CC=CCC4)CC3)c3ccccc3n2)c2cc3c(cc21)-c1ccccc1[N+]3(C)C1=NC(C2=CCC(C3C=CC=CC3)C=C2)C2CCC=CC2=N1. The lowest BCUT2D eigenvalue weighted by atomic mass is 9.73. The van der Waals surface area contributed by atoms with Crippen molar-refractivity contribution in [1.29, 1.82) is 0 Å². The van der Waals surface area contributed by atoms with Crippen molar-refractivity contribution in [2.45, 2.75) is 76.7 Å². The summed E-state index contributed by atoms with van der Waals surface area (Å²) >= 11 is 0. The molecule has 0 fully saturated rings. The molecule has 0 saturated carbocycles. The number of hydrogen-bond acceptors (Lipinski definition) is 5. The van der Waals surface area contributed by atoms with Crippen molar-refractivity contribution < 1.29 is 0 Å². The highest BCUT2D eigenvalue weighted by Gasteiger charge is 2.51. The van der Waals surface area contributed by atoms with E-state index in [0.717, 1.165) is 96.7 Å². The lowest BCUT2D eigenvalue weighted by molar-refractivity contribution is 0.468. The molecule has 1 aromatic heterocycles. The molecule has 3 aliphatic heterocycles. The standard InChI is InChI=1S/C62H57N6/c1-62(2)50-25-13-16-28-54(50)67(60-63-52-26-14-10-23-47(52)58(65-60)44-34-30-42(31-35-44)40-18-6-4-7-19-40)55-39-57-49(38-51(55)62)46-22-12-17-29-56(46)68(57,3)61-64-53-27-15-11-24-48(53)59(66-61)45-36-32-43(33-37-45)41-20-8-5-9-21-41/h4-6,8-10,12-18,20,22-23,25-30,32,34,36-39,41,43,48,59H,7,11,19,21,24,31,33,35H2,1-3H3/q+1. The predicted molar refractivity (Wildman–Crippen MR) is 283 cm³/mol. The van der Waals surface area contributed by atoms with E-state index in [9.17, 15) is 0 Å². The molecule has 0 spiro atoms. The van der Waals surface area contributed by atoms with Crippen molar-refractivity contribution in [1.82, 2.24) is 14.5 Å². The zero-order valence-corrected chi connectivity index (χ0v) is 39.3. The maximum absolute atomic E-state index is 5.83. The van der Waals surface area contributed by atoms with Crippen molar-refractivity contribution in [3.05, 3.63) is 204 Å². The predicted octanol–water partition coefficient (Wildman–Crippen LogP) is 15.1. The van der Waals surface area contributed by atoms with Gasteiger partial charge < -0.3 is 0 Å². The molecule has 5 aliphatic carbocycles. The summed E-state index contributed by atoms with van der Waals surface area (Å²) in [5, 5.41) is 1.08. The molecule has 0 N–H and O–H groups in total. The van der Waals surface area contributed by atoms with Crippen LogP contribution in [-0.4, -0.2) is 34.7 Å². The summed E-state index contributed by atoms with van der Waals surface area (Å²) in [7, 11) is 2.32. The van der Waals surface area contributed by atoms with E-state index in [-0.39, 0.29) is 17.4 Å². The first-order valence-corrected chi connectivity index (χ1v) is 25.0. The Morgan fingerprint density at radius 1 is 0.662 bits per heavy atom. The van der Waals surface area contributed by atoms with E-state index in [1.165, 1.54) is 50.2 Å². The monoisotopic (exact) mass is 885 g/mol. The number of benzene rings is 4. The average molecular weight is 886 g/mol. The lowest BCUT2D eigenvalue weighted by Gasteiger charge is -2.42. The topological polar surface area (TPSA) is 53.7 Å². The minimum absolute atomic E-state index is 0.00629. The number of aromatic nitrogens is 2. The number of anilines is 3. The van der Waals surface area contributed by atoms with Crippen LogP contribution < -0.4 is 9.38 Å². The molecule has 8 aliphatic rings. The van der Waals surface area contributed by atoms with Gasteiger partial charge in [-0.2, -0.15) is 9.48 Å². The van der Waals surface area contributed by atoms with E-state index < -0.39 is 0 Å². The molecule has 0 radical (unpaired) electrons. The normalized spacial score (nSPS) is 26.1.